The predicted molar refractivity (Wildman–Crippen MR) is 129 cm³/mol. The molecule has 0 amide bonds. The van der Waals surface area contributed by atoms with E-state index in [1.165, 1.54) is 16.8 Å². The van der Waals surface area contributed by atoms with Crippen LogP contribution >= 0.6 is 0 Å². The fraction of sp³-hybridized carbons (Fsp3) is 0.333. The number of hydrogen-bond donors (Lipinski definition) is 1. The van der Waals surface area contributed by atoms with Gasteiger partial charge in [-0.1, -0.05) is 0 Å². The quantitative estimate of drug-likeness (QED) is 0.418. The molecule has 0 spiro atoms. The highest BCUT2D eigenvalue weighted by Crippen LogP contribution is 2.28. The van der Waals surface area contributed by atoms with Gasteiger partial charge in [0, 0.05) is 24.2 Å². The van der Waals surface area contributed by atoms with Gasteiger partial charge in [0.2, 0.25) is 10.0 Å². The summed E-state index contributed by atoms with van der Waals surface area (Å²) >= 11 is 0. The van der Waals surface area contributed by atoms with Gasteiger partial charge >= 0.3 is 0 Å². The molecule has 0 aliphatic carbocycles. The molecule has 2 aromatic carbocycles. The molecule has 0 atom stereocenters. The minimum absolute atomic E-state index is 0.00116. The summed E-state index contributed by atoms with van der Waals surface area (Å²) in [6.45, 7) is 6.88. The van der Waals surface area contributed by atoms with Crippen LogP contribution in [0.5, 0.6) is 17.2 Å². The number of aromatic nitrogens is 2. The molecule has 1 N–H and O–H groups in total. The Hall–Kier alpha value is -3.37. The SMILES string of the molecule is CCOc1ccc(-c2ccc(=O)n(CCNS(=O)(=O)c3ccc(OCC)cc3OCC)n2)cc1. The molecule has 1 heterocycles. The highest BCUT2D eigenvalue weighted by Gasteiger charge is 2.20. The van der Waals surface area contributed by atoms with E-state index in [0.29, 0.717) is 31.3 Å². The lowest BCUT2D eigenvalue weighted by atomic mass is 10.1. The van der Waals surface area contributed by atoms with E-state index >= 15 is 0 Å². The van der Waals surface area contributed by atoms with Crippen molar-refractivity contribution in [2.24, 2.45) is 0 Å². The molecular weight excluding hydrogens is 458 g/mol. The molecule has 0 radical (unpaired) electrons. The lowest BCUT2D eigenvalue weighted by Gasteiger charge is -2.14. The first kappa shape index (κ1) is 25.3. The van der Waals surface area contributed by atoms with Crippen LogP contribution < -0.4 is 24.5 Å². The Morgan fingerprint density at radius 2 is 1.50 bits per heavy atom. The van der Waals surface area contributed by atoms with Gasteiger partial charge in [-0.3, -0.25) is 4.79 Å². The second kappa shape index (κ2) is 11.7. The van der Waals surface area contributed by atoms with Crippen molar-refractivity contribution in [3.05, 3.63) is 65.0 Å². The highest BCUT2D eigenvalue weighted by molar-refractivity contribution is 7.89. The first-order chi connectivity index (χ1) is 16.4. The number of nitrogens with zero attached hydrogens (tertiary/aromatic N) is 2. The molecule has 0 aliphatic heterocycles. The highest BCUT2D eigenvalue weighted by atomic mass is 32.2. The summed E-state index contributed by atoms with van der Waals surface area (Å²) in [7, 11) is -3.89. The molecule has 9 nitrogen and oxygen atoms in total. The first-order valence-corrected chi connectivity index (χ1v) is 12.6. The van der Waals surface area contributed by atoms with E-state index in [-0.39, 0.29) is 29.3 Å². The van der Waals surface area contributed by atoms with E-state index in [1.54, 1.807) is 25.1 Å². The first-order valence-electron chi connectivity index (χ1n) is 11.1. The average molecular weight is 488 g/mol. The third-order valence-corrected chi connectivity index (χ3v) is 6.26. The van der Waals surface area contributed by atoms with Crippen LogP contribution in [0.4, 0.5) is 0 Å². The van der Waals surface area contributed by atoms with E-state index in [1.807, 2.05) is 38.1 Å². The lowest BCUT2D eigenvalue weighted by molar-refractivity contribution is 0.317. The molecule has 0 saturated carbocycles. The van der Waals surface area contributed by atoms with Crippen LogP contribution in [0.25, 0.3) is 11.3 Å². The number of benzene rings is 2. The molecule has 0 aliphatic rings. The number of hydrogen-bond acceptors (Lipinski definition) is 7. The van der Waals surface area contributed by atoms with Crippen LogP contribution in [0.15, 0.2) is 64.3 Å². The summed E-state index contributed by atoms with van der Waals surface area (Å²) in [4.78, 5) is 12.3. The third-order valence-electron chi connectivity index (χ3n) is 4.76. The zero-order chi connectivity index (χ0) is 24.6. The zero-order valence-corrected chi connectivity index (χ0v) is 20.3. The van der Waals surface area contributed by atoms with Gasteiger partial charge in [-0.05, 0) is 63.2 Å². The molecule has 3 rings (SSSR count). The van der Waals surface area contributed by atoms with Crippen molar-refractivity contribution in [1.82, 2.24) is 14.5 Å². The summed E-state index contributed by atoms with van der Waals surface area (Å²) in [5, 5.41) is 4.38. The smallest absolute Gasteiger partial charge is 0.266 e. The van der Waals surface area contributed by atoms with Crippen LogP contribution in [0, 0.1) is 0 Å². The van der Waals surface area contributed by atoms with Gasteiger partial charge in [0.15, 0.2) is 0 Å². The molecular formula is C24H29N3O6S. The summed E-state index contributed by atoms with van der Waals surface area (Å²) in [5.41, 5.74) is 1.08. The second-order valence-electron chi connectivity index (χ2n) is 7.11. The average Bonchev–Trinajstić information content (AvgIpc) is 2.81. The van der Waals surface area contributed by atoms with Crippen LogP contribution in [0.2, 0.25) is 0 Å². The number of ether oxygens (including phenoxy) is 3. The predicted octanol–water partition coefficient (Wildman–Crippen LogP) is 3.08. The fourth-order valence-electron chi connectivity index (χ4n) is 3.25. The number of rotatable bonds is 12. The summed E-state index contributed by atoms with van der Waals surface area (Å²) in [5.74, 6) is 1.47. The topological polar surface area (TPSA) is 109 Å². The summed E-state index contributed by atoms with van der Waals surface area (Å²) in [6, 6.07) is 15.0. The van der Waals surface area contributed by atoms with Gasteiger partial charge in [-0.2, -0.15) is 5.10 Å². The Labute approximate surface area is 199 Å². The van der Waals surface area contributed by atoms with Gasteiger partial charge in [-0.25, -0.2) is 17.8 Å². The van der Waals surface area contributed by atoms with E-state index in [2.05, 4.69) is 9.82 Å². The maximum absolute atomic E-state index is 12.9. The fourth-order valence-corrected chi connectivity index (χ4v) is 4.40. The van der Waals surface area contributed by atoms with Crippen LogP contribution in [0.3, 0.4) is 0 Å². The minimum Gasteiger partial charge on any atom is -0.494 e. The zero-order valence-electron chi connectivity index (χ0n) is 19.5. The Balaban J connectivity index is 1.73. The van der Waals surface area contributed by atoms with Crippen molar-refractivity contribution >= 4 is 10.0 Å². The monoisotopic (exact) mass is 487 g/mol. The molecule has 10 heteroatoms. The molecule has 0 saturated heterocycles. The van der Waals surface area contributed by atoms with Gasteiger partial charge in [-0.15, -0.1) is 0 Å². The van der Waals surface area contributed by atoms with E-state index in [9.17, 15) is 13.2 Å². The molecule has 1 aromatic heterocycles. The minimum atomic E-state index is -3.89. The number of nitrogens with one attached hydrogen (secondary N) is 1. The van der Waals surface area contributed by atoms with Crippen molar-refractivity contribution in [3.63, 3.8) is 0 Å². The molecule has 0 fully saturated rings. The van der Waals surface area contributed by atoms with Gasteiger partial charge in [0.05, 0.1) is 32.1 Å². The van der Waals surface area contributed by atoms with Gasteiger partial charge in [0.25, 0.3) is 5.56 Å². The van der Waals surface area contributed by atoms with E-state index < -0.39 is 10.0 Å². The molecule has 3 aromatic rings. The summed E-state index contributed by atoms with van der Waals surface area (Å²) < 4.78 is 45.9. The Bertz CT molecular complexity index is 1260. The van der Waals surface area contributed by atoms with Crippen LogP contribution in [-0.4, -0.2) is 44.6 Å². The maximum atomic E-state index is 12.9. The third kappa shape index (κ3) is 6.36. The Morgan fingerprint density at radius 3 is 2.18 bits per heavy atom. The normalized spacial score (nSPS) is 11.3. The molecule has 0 bridgehead atoms. The van der Waals surface area contributed by atoms with Crippen molar-refractivity contribution < 1.29 is 22.6 Å². The molecule has 182 valence electrons. The van der Waals surface area contributed by atoms with E-state index in [0.717, 1.165) is 11.3 Å². The van der Waals surface area contributed by atoms with Crippen molar-refractivity contribution in [2.75, 3.05) is 26.4 Å². The van der Waals surface area contributed by atoms with E-state index in [4.69, 9.17) is 14.2 Å². The Morgan fingerprint density at radius 1 is 0.853 bits per heavy atom. The Kier molecular flexibility index (Phi) is 8.67. The number of sulfonamides is 1. The van der Waals surface area contributed by atoms with Gasteiger partial charge < -0.3 is 14.2 Å². The molecule has 0 unspecified atom stereocenters. The largest absolute Gasteiger partial charge is 0.494 e. The van der Waals surface area contributed by atoms with Gasteiger partial charge in [0.1, 0.15) is 22.1 Å². The van der Waals surface area contributed by atoms with Crippen LogP contribution in [0.1, 0.15) is 20.8 Å². The van der Waals surface area contributed by atoms with Crippen molar-refractivity contribution in [3.8, 4) is 28.5 Å². The van der Waals surface area contributed by atoms with Crippen LogP contribution in [-0.2, 0) is 16.6 Å². The second-order valence-corrected chi connectivity index (χ2v) is 8.85. The lowest BCUT2D eigenvalue weighted by Crippen LogP contribution is -2.32. The molecule has 34 heavy (non-hydrogen) atoms. The van der Waals surface area contributed by atoms with Crippen molar-refractivity contribution in [2.45, 2.75) is 32.2 Å². The van der Waals surface area contributed by atoms with Crippen molar-refractivity contribution in [1.29, 1.82) is 0 Å². The maximum Gasteiger partial charge on any atom is 0.266 e. The summed E-state index contributed by atoms with van der Waals surface area (Å²) in [6.07, 6.45) is 0. The standard InChI is InChI=1S/C24H29N3O6S/c1-4-31-19-9-7-18(8-10-19)21-12-14-24(28)27(26-21)16-15-25-34(29,30)23-13-11-20(32-5-2)17-22(23)33-6-3/h7-14,17,25H,4-6,15-16H2,1-3H3.